The van der Waals surface area contributed by atoms with Crippen LogP contribution in [-0.4, -0.2) is 25.3 Å². The number of hydrogen-bond acceptors (Lipinski definition) is 2. The molecular formula is C15H20ClNO. The first kappa shape index (κ1) is 12.5. The quantitative estimate of drug-likeness (QED) is 0.904. The number of nitrogens with one attached hydrogen (secondary N) is 1. The number of hydrogen-bond donors (Lipinski definition) is 1. The molecule has 0 amide bonds. The first-order chi connectivity index (χ1) is 8.81. The van der Waals surface area contributed by atoms with Crippen LogP contribution in [0.15, 0.2) is 24.3 Å². The molecule has 1 aliphatic carbocycles. The van der Waals surface area contributed by atoms with E-state index in [1.54, 1.807) is 0 Å². The Labute approximate surface area is 114 Å². The first-order valence-electron chi connectivity index (χ1n) is 6.89. The number of ether oxygens (including phenoxy) is 1. The lowest BCUT2D eigenvalue weighted by Crippen LogP contribution is -2.44. The van der Waals surface area contributed by atoms with Gasteiger partial charge in [0, 0.05) is 29.6 Å². The second-order valence-electron chi connectivity index (χ2n) is 5.50. The second-order valence-corrected chi connectivity index (χ2v) is 5.94. The largest absolute Gasteiger partial charge is 0.381 e. The van der Waals surface area contributed by atoms with Crippen molar-refractivity contribution in [2.24, 2.45) is 5.92 Å². The summed E-state index contributed by atoms with van der Waals surface area (Å²) in [5.74, 6) is 0.598. The van der Waals surface area contributed by atoms with Crippen LogP contribution in [-0.2, 0) is 11.2 Å². The Hall–Kier alpha value is -0.570. The maximum absolute atomic E-state index is 5.92. The van der Waals surface area contributed by atoms with Gasteiger partial charge in [0.25, 0.3) is 0 Å². The summed E-state index contributed by atoms with van der Waals surface area (Å²) in [6, 6.07) is 9.62. The highest BCUT2D eigenvalue weighted by Crippen LogP contribution is 2.26. The molecule has 1 N–H and O–H groups in total. The van der Waals surface area contributed by atoms with Gasteiger partial charge in [-0.3, -0.25) is 0 Å². The molecule has 0 radical (unpaired) electrons. The van der Waals surface area contributed by atoms with Crippen molar-refractivity contribution in [2.75, 3.05) is 13.2 Å². The Morgan fingerprint density at radius 3 is 2.67 bits per heavy atom. The van der Waals surface area contributed by atoms with E-state index in [0.717, 1.165) is 37.1 Å². The maximum atomic E-state index is 5.92. The van der Waals surface area contributed by atoms with Crippen molar-refractivity contribution in [2.45, 2.75) is 37.8 Å². The third-order valence-corrected chi connectivity index (χ3v) is 4.16. The Bertz CT molecular complexity index is 388. The summed E-state index contributed by atoms with van der Waals surface area (Å²) >= 11 is 5.92. The van der Waals surface area contributed by atoms with E-state index in [9.17, 15) is 0 Å². The smallest absolute Gasteiger partial charge is 0.0512 e. The molecule has 18 heavy (non-hydrogen) atoms. The minimum atomic E-state index is 0.598. The molecule has 0 unspecified atom stereocenters. The summed E-state index contributed by atoms with van der Waals surface area (Å²) in [5.41, 5.74) is 1.36. The van der Waals surface area contributed by atoms with Crippen LogP contribution in [0.5, 0.6) is 0 Å². The van der Waals surface area contributed by atoms with Gasteiger partial charge in [-0.1, -0.05) is 23.7 Å². The van der Waals surface area contributed by atoms with E-state index in [-0.39, 0.29) is 0 Å². The van der Waals surface area contributed by atoms with Gasteiger partial charge in [-0.25, -0.2) is 0 Å². The van der Waals surface area contributed by atoms with Crippen molar-refractivity contribution >= 4 is 11.6 Å². The summed E-state index contributed by atoms with van der Waals surface area (Å²) in [6.07, 6.45) is 4.94. The highest BCUT2D eigenvalue weighted by molar-refractivity contribution is 6.30. The van der Waals surface area contributed by atoms with Crippen molar-refractivity contribution in [3.8, 4) is 0 Å². The highest BCUT2D eigenvalue weighted by atomic mass is 35.5. The van der Waals surface area contributed by atoms with Crippen molar-refractivity contribution in [1.82, 2.24) is 5.32 Å². The molecule has 1 heterocycles. The molecule has 1 aromatic carbocycles. The van der Waals surface area contributed by atoms with Gasteiger partial charge in [0.1, 0.15) is 0 Å². The summed E-state index contributed by atoms with van der Waals surface area (Å²) in [4.78, 5) is 0. The van der Waals surface area contributed by atoms with E-state index >= 15 is 0 Å². The summed E-state index contributed by atoms with van der Waals surface area (Å²) in [6.45, 7) is 1.79. The van der Waals surface area contributed by atoms with Gasteiger partial charge in [0.15, 0.2) is 0 Å². The molecule has 0 spiro atoms. The number of rotatable bonds is 4. The molecule has 2 atom stereocenters. The van der Waals surface area contributed by atoms with Gasteiger partial charge >= 0.3 is 0 Å². The number of benzene rings is 1. The third-order valence-electron chi connectivity index (χ3n) is 3.91. The van der Waals surface area contributed by atoms with E-state index in [1.807, 2.05) is 12.1 Å². The van der Waals surface area contributed by atoms with Crippen LogP contribution in [0.1, 0.15) is 24.8 Å². The maximum Gasteiger partial charge on any atom is 0.0512 e. The molecule has 1 saturated heterocycles. The van der Waals surface area contributed by atoms with Gasteiger partial charge in [-0.05, 0) is 43.4 Å². The summed E-state index contributed by atoms with van der Waals surface area (Å²) in [5, 5.41) is 4.58. The van der Waals surface area contributed by atoms with Gasteiger partial charge in [0.05, 0.1) is 6.61 Å². The van der Waals surface area contributed by atoms with Crippen LogP contribution in [0, 0.1) is 5.92 Å². The van der Waals surface area contributed by atoms with Crippen molar-refractivity contribution in [3.05, 3.63) is 34.9 Å². The number of halogens is 1. The van der Waals surface area contributed by atoms with Crippen LogP contribution in [0.25, 0.3) is 0 Å². The molecule has 0 aromatic heterocycles. The van der Waals surface area contributed by atoms with E-state index in [4.69, 9.17) is 16.3 Å². The van der Waals surface area contributed by atoms with Crippen molar-refractivity contribution < 1.29 is 4.74 Å². The van der Waals surface area contributed by atoms with Crippen LogP contribution in [0.4, 0.5) is 0 Å². The van der Waals surface area contributed by atoms with Crippen LogP contribution in [0.3, 0.4) is 0 Å². The molecule has 98 valence electrons. The van der Waals surface area contributed by atoms with E-state index in [0.29, 0.717) is 12.0 Å². The minimum Gasteiger partial charge on any atom is -0.381 e. The molecule has 2 nitrogen and oxygen atoms in total. The zero-order valence-electron chi connectivity index (χ0n) is 10.6. The standard InChI is InChI=1S/C15H20ClNO/c16-13-3-1-11(2-4-13)9-12-10-18-8-7-15(12)17-14-5-6-14/h1-4,12,14-15,17H,5-10H2/t12-,15-/m1/s1. The third kappa shape index (κ3) is 3.25. The fourth-order valence-corrected chi connectivity index (χ4v) is 2.82. The average Bonchev–Trinajstić information content (AvgIpc) is 3.18. The Balaban J connectivity index is 1.62. The fraction of sp³-hybridized carbons (Fsp3) is 0.600. The predicted octanol–water partition coefficient (Wildman–Crippen LogP) is 3.04. The van der Waals surface area contributed by atoms with Crippen LogP contribution < -0.4 is 5.32 Å². The average molecular weight is 266 g/mol. The Morgan fingerprint density at radius 2 is 1.94 bits per heavy atom. The molecule has 1 aromatic rings. The summed E-state index contributed by atoms with van der Waals surface area (Å²) < 4.78 is 5.64. The zero-order valence-corrected chi connectivity index (χ0v) is 11.3. The first-order valence-corrected chi connectivity index (χ1v) is 7.27. The molecule has 1 aliphatic heterocycles. The lowest BCUT2D eigenvalue weighted by Gasteiger charge is -2.32. The van der Waals surface area contributed by atoms with Gasteiger partial charge < -0.3 is 10.1 Å². The zero-order chi connectivity index (χ0) is 12.4. The van der Waals surface area contributed by atoms with Crippen molar-refractivity contribution in [1.29, 1.82) is 0 Å². The minimum absolute atomic E-state index is 0.598. The molecule has 2 aliphatic rings. The molecule has 2 fully saturated rings. The summed E-state index contributed by atoms with van der Waals surface area (Å²) in [7, 11) is 0. The topological polar surface area (TPSA) is 21.3 Å². The van der Waals surface area contributed by atoms with Gasteiger partial charge in [-0.15, -0.1) is 0 Å². The van der Waals surface area contributed by atoms with E-state index in [2.05, 4.69) is 17.4 Å². The SMILES string of the molecule is Clc1ccc(C[C@@H]2COCC[C@H]2NC2CC2)cc1. The Morgan fingerprint density at radius 1 is 1.17 bits per heavy atom. The Kier molecular flexibility index (Phi) is 3.88. The monoisotopic (exact) mass is 265 g/mol. The van der Waals surface area contributed by atoms with E-state index < -0.39 is 0 Å². The molecule has 0 bridgehead atoms. The highest BCUT2D eigenvalue weighted by Gasteiger charge is 2.31. The normalized spacial score (nSPS) is 28.3. The van der Waals surface area contributed by atoms with Crippen LogP contribution in [0.2, 0.25) is 5.02 Å². The predicted molar refractivity (Wildman–Crippen MR) is 74.0 cm³/mol. The second kappa shape index (κ2) is 5.60. The van der Waals surface area contributed by atoms with Crippen molar-refractivity contribution in [3.63, 3.8) is 0 Å². The molecule has 3 heteroatoms. The van der Waals surface area contributed by atoms with E-state index in [1.165, 1.54) is 18.4 Å². The van der Waals surface area contributed by atoms with Gasteiger partial charge in [0.2, 0.25) is 0 Å². The van der Waals surface area contributed by atoms with Crippen LogP contribution >= 0.6 is 11.6 Å². The fourth-order valence-electron chi connectivity index (χ4n) is 2.69. The van der Waals surface area contributed by atoms with Gasteiger partial charge in [-0.2, -0.15) is 0 Å². The molecule has 1 saturated carbocycles. The lowest BCUT2D eigenvalue weighted by molar-refractivity contribution is 0.0316. The lowest BCUT2D eigenvalue weighted by atomic mass is 9.89. The molecular weight excluding hydrogens is 246 g/mol. The molecule has 3 rings (SSSR count).